The zero-order valence-corrected chi connectivity index (χ0v) is 12.4. The van der Waals surface area contributed by atoms with Gasteiger partial charge in [0.05, 0.1) is 17.4 Å². The van der Waals surface area contributed by atoms with Crippen molar-refractivity contribution < 1.29 is 18.7 Å². The summed E-state index contributed by atoms with van der Waals surface area (Å²) in [5.41, 5.74) is 1.67. The molecule has 3 N–H and O–H groups in total. The van der Waals surface area contributed by atoms with Crippen LogP contribution in [0.5, 0.6) is 5.75 Å². The van der Waals surface area contributed by atoms with E-state index in [9.17, 15) is 14.0 Å². The van der Waals surface area contributed by atoms with E-state index >= 15 is 0 Å². The van der Waals surface area contributed by atoms with E-state index in [4.69, 9.17) is 4.74 Å². The summed E-state index contributed by atoms with van der Waals surface area (Å²) in [6.07, 6.45) is 2.70. The Hall–Kier alpha value is -2.90. The fourth-order valence-electron chi connectivity index (χ4n) is 2.48. The molecule has 0 spiro atoms. The smallest absolute Gasteiger partial charge is 0.255 e. The quantitative estimate of drug-likeness (QED) is 0.791. The van der Waals surface area contributed by atoms with Crippen molar-refractivity contribution in [3.05, 3.63) is 41.2 Å². The Morgan fingerprint density at radius 2 is 2.26 bits per heavy atom. The number of alkyl halides is 1. The van der Waals surface area contributed by atoms with Crippen molar-refractivity contribution in [2.24, 2.45) is 0 Å². The number of halogens is 1. The normalized spacial score (nSPS) is 15.7. The van der Waals surface area contributed by atoms with Crippen LogP contribution in [-0.2, 0) is 6.42 Å². The van der Waals surface area contributed by atoms with Gasteiger partial charge in [-0.15, -0.1) is 0 Å². The van der Waals surface area contributed by atoms with Crippen molar-refractivity contribution in [1.29, 1.82) is 0 Å². The van der Waals surface area contributed by atoms with E-state index in [0.717, 1.165) is 0 Å². The summed E-state index contributed by atoms with van der Waals surface area (Å²) < 4.78 is 18.3. The van der Waals surface area contributed by atoms with Crippen LogP contribution in [0.2, 0.25) is 0 Å². The summed E-state index contributed by atoms with van der Waals surface area (Å²) in [5, 5.41) is 11.5. The first kappa shape index (κ1) is 15.0. The molecular formula is C15H15FN4O3. The van der Waals surface area contributed by atoms with E-state index < -0.39 is 18.7 Å². The van der Waals surface area contributed by atoms with Crippen molar-refractivity contribution in [2.75, 3.05) is 19.0 Å². The zero-order valence-electron chi connectivity index (χ0n) is 12.4. The number of hydrogen-bond acceptors (Lipinski definition) is 4. The highest BCUT2D eigenvalue weighted by Gasteiger charge is 2.29. The molecule has 1 unspecified atom stereocenters. The lowest BCUT2D eigenvalue weighted by molar-refractivity contribution is 0.0956. The van der Waals surface area contributed by atoms with Crippen LogP contribution in [0.25, 0.3) is 0 Å². The third-order valence-corrected chi connectivity index (χ3v) is 3.56. The minimum absolute atomic E-state index is 0.221. The molecule has 2 heterocycles. The summed E-state index contributed by atoms with van der Waals surface area (Å²) in [5.74, 6) is -0.436. The SMILES string of the molecule is CNC(=O)c1cc(C(=O)Nc2cn[nH]c2)cc2c1OC(CF)C2. The number of ether oxygens (including phenoxy) is 1. The molecule has 23 heavy (non-hydrogen) atoms. The Kier molecular flexibility index (Phi) is 3.96. The van der Waals surface area contributed by atoms with Crippen LogP contribution >= 0.6 is 0 Å². The van der Waals surface area contributed by atoms with E-state index in [2.05, 4.69) is 20.8 Å². The van der Waals surface area contributed by atoms with Crippen LogP contribution in [0.3, 0.4) is 0 Å². The Morgan fingerprint density at radius 3 is 2.91 bits per heavy atom. The standard InChI is InChI=1S/C15H15FN4O3/c1-17-15(22)12-4-9(14(21)20-10-6-18-19-7-10)2-8-3-11(5-16)23-13(8)12/h2,4,6-7,11H,3,5H2,1H3,(H,17,22)(H,18,19)(H,20,21). The van der Waals surface area contributed by atoms with Crippen LogP contribution in [0, 0.1) is 0 Å². The minimum atomic E-state index is -0.654. The topological polar surface area (TPSA) is 96.1 Å². The number of hydrogen-bond donors (Lipinski definition) is 3. The predicted molar refractivity (Wildman–Crippen MR) is 80.5 cm³/mol. The van der Waals surface area contributed by atoms with Crippen LogP contribution in [0.15, 0.2) is 24.5 Å². The summed E-state index contributed by atoms with van der Waals surface area (Å²) in [4.78, 5) is 24.4. The van der Waals surface area contributed by atoms with Crippen LogP contribution < -0.4 is 15.4 Å². The highest BCUT2D eigenvalue weighted by atomic mass is 19.1. The van der Waals surface area contributed by atoms with E-state index in [1.54, 1.807) is 6.07 Å². The Labute approximate surface area is 131 Å². The number of rotatable bonds is 4. The third-order valence-electron chi connectivity index (χ3n) is 3.56. The maximum atomic E-state index is 12.9. The maximum Gasteiger partial charge on any atom is 0.255 e. The van der Waals surface area contributed by atoms with Gasteiger partial charge in [-0.05, 0) is 17.7 Å². The lowest BCUT2D eigenvalue weighted by atomic mass is 10.0. The molecule has 7 nitrogen and oxygen atoms in total. The van der Waals surface area contributed by atoms with Gasteiger partial charge >= 0.3 is 0 Å². The number of nitrogens with zero attached hydrogens (tertiary/aromatic N) is 1. The molecule has 8 heteroatoms. The Balaban J connectivity index is 1.96. The molecule has 120 valence electrons. The summed E-state index contributed by atoms with van der Waals surface area (Å²) in [6, 6.07) is 3.06. The first-order valence-corrected chi connectivity index (χ1v) is 7.04. The highest BCUT2D eigenvalue weighted by Crippen LogP contribution is 2.34. The molecular weight excluding hydrogens is 303 g/mol. The predicted octanol–water partition coefficient (Wildman–Crippen LogP) is 1.29. The van der Waals surface area contributed by atoms with Crippen molar-refractivity contribution >= 4 is 17.5 Å². The summed E-state index contributed by atoms with van der Waals surface area (Å²) in [6.45, 7) is -0.654. The number of H-pyrrole nitrogens is 1. The van der Waals surface area contributed by atoms with Gasteiger partial charge in [0.15, 0.2) is 0 Å². The largest absolute Gasteiger partial charge is 0.486 e. The molecule has 2 aromatic rings. The fourth-order valence-corrected chi connectivity index (χ4v) is 2.48. The first-order chi connectivity index (χ1) is 11.1. The molecule has 0 fully saturated rings. The number of aromatic amines is 1. The van der Waals surface area contributed by atoms with Gasteiger partial charge in [0.2, 0.25) is 0 Å². The van der Waals surface area contributed by atoms with Gasteiger partial charge in [0, 0.05) is 25.2 Å². The van der Waals surface area contributed by atoms with Crippen molar-refractivity contribution in [2.45, 2.75) is 12.5 Å². The number of benzene rings is 1. The van der Waals surface area contributed by atoms with Crippen molar-refractivity contribution in [1.82, 2.24) is 15.5 Å². The lowest BCUT2D eigenvalue weighted by Gasteiger charge is -2.11. The van der Waals surface area contributed by atoms with Crippen molar-refractivity contribution in [3.8, 4) is 5.75 Å². The Bertz CT molecular complexity index is 745. The second-order valence-corrected chi connectivity index (χ2v) is 5.13. The number of carbonyl (C=O) groups is 2. The van der Waals surface area contributed by atoms with Gasteiger partial charge in [-0.1, -0.05) is 0 Å². The van der Waals surface area contributed by atoms with Crippen LogP contribution in [0.4, 0.5) is 10.1 Å². The van der Waals surface area contributed by atoms with E-state index in [1.165, 1.54) is 25.5 Å². The van der Waals surface area contributed by atoms with Gasteiger partial charge in [0.1, 0.15) is 18.5 Å². The number of anilines is 1. The molecule has 1 aliphatic rings. The molecule has 2 amide bonds. The van der Waals surface area contributed by atoms with Gasteiger partial charge in [-0.3, -0.25) is 14.7 Å². The van der Waals surface area contributed by atoms with E-state index in [1.807, 2.05) is 0 Å². The number of nitrogens with one attached hydrogen (secondary N) is 3. The molecule has 1 atom stereocenters. The molecule has 0 bridgehead atoms. The molecule has 1 aliphatic heterocycles. The molecule has 0 saturated heterocycles. The average Bonchev–Trinajstić information content (AvgIpc) is 3.21. The summed E-state index contributed by atoms with van der Waals surface area (Å²) in [7, 11) is 1.48. The average molecular weight is 318 g/mol. The molecule has 1 aromatic carbocycles. The first-order valence-electron chi connectivity index (χ1n) is 7.04. The number of amides is 2. The monoisotopic (exact) mass is 318 g/mol. The van der Waals surface area contributed by atoms with Gasteiger partial charge in [-0.25, -0.2) is 4.39 Å². The molecule has 0 aliphatic carbocycles. The third kappa shape index (κ3) is 2.87. The second kappa shape index (κ2) is 6.07. The Morgan fingerprint density at radius 1 is 1.43 bits per heavy atom. The molecule has 0 radical (unpaired) electrons. The van der Waals surface area contributed by atoms with Gasteiger partial charge in [0.25, 0.3) is 11.8 Å². The summed E-state index contributed by atoms with van der Waals surface area (Å²) >= 11 is 0. The molecule has 3 rings (SSSR count). The molecule has 1 aromatic heterocycles. The number of carbonyl (C=O) groups excluding carboxylic acids is 2. The number of aromatic nitrogens is 2. The highest BCUT2D eigenvalue weighted by molar-refractivity contribution is 6.07. The van der Waals surface area contributed by atoms with Crippen LogP contribution in [0.1, 0.15) is 26.3 Å². The van der Waals surface area contributed by atoms with Gasteiger partial charge < -0.3 is 15.4 Å². The van der Waals surface area contributed by atoms with Gasteiger partial charge in [-0.2, -0.15) is 5.10 Å². The second-order valence-electron chi connectivity index (χ2n) is 5.13. The maximum absolute atomic E-state index is 12.9. The van der Waals surface area contributed by atoms with E-state index in [0.29, 0.717) is 29.0 Å². The zero-order chi connectivity index (χ0) is 16.4. The molecule has 0 saturated carbocycles. The van der Waals surface area contributed by atoms with E-state index in [-0.39, 0.29) is 11.5 Å². The minimum Gasteiger partial charge on any atom is -0.486 e. The van der Waals surface area contributed by atoms with Crippen LogP contribution in [-0.4, -0.2) is 41.8 Å². The van der Waals surface area contributed by atoms with Crippen molar-refractivity contribution in [3.63, 3.8) is 0 Å². The lowest BCUT2D eigenvalue weighted by Crippen LogP contribution is -2.21. The number of fused-ring (bicyclic) bond motifs is 1. The fraction of sp³-hybridized carbons (Fsp3) is 0.267.